The second kappa shape index (κ2) is 7.93. The summed E-state index contributed by atoms with van der Waals surface area (Å²) < 4.78 is 53.1. The first-order chi connectivity index (χ1) is 13.4. The van der Waals surface area contributed by atoms with Crippen LogP contribution in [0.1, 0.15) is 45.1 Å². The minimum Gasteiger partial charge on any atom is -0.355 e. The first kappa shape index (κ1) is 22.1. The monoisotopic (exact) mass is 450 g/mol. The van der Waals surface area contributed by atoms with Gasteiger partial charge in [-0.05, 0) is 30.4 Å². The van der Waals surface area contributed by atoms with Crippen LogP contribution in [0, 0.1) is 0 Å². The van der Waals surface area contributed by atoms with Crippen molar-refractivity contribution < 1.29 is 17.2 Å². The van der Waals surface area contributed by atoms with Crippen molar-refractivity contribution in [2.75, 3.05) is 24.5 Å². The Morgan fingerprint density at radius 2 is 2.00 bits per heavy atom. The van der Waals surface area contributed by atoms with E-state index in [-0.39, 0.29) is 5.92 Å². The summed E-state index contributed by atoms with van der Waals surface area (Å²) in [6.07, 6.45) is 2.13. The predicted octanol–water partition coefficient (Wildman–Crippen LogP) is 2.64. The van der Waals surface area contributed by atoms with Crippen LogP contribution in [0.3, 0.4) is 0 Å². The molecule has 0 bridgehead atoms. The smallest absolute Gasteiger partial charge is 0.277 e. The largest absolute Gasteiger partial charge is 0.355 e. The highest BCUT2D eigenvalue weighted by atomic mass is 35.5. The fraction of sp³-hybridized carbons (Fsp3) is 0.647. The van der Waals surface area contributed by atoms with Gasteiger partial charge in [0, 0.05) is 26.1 Å². The van der Waals surface area contributed by atoms with Crippen molar-refractivity contribution in [1.82, 2.24) is 18.9 Å². The third-order valence-corrected chi connectivity index (χ3v) is 6.42. The van der Waals surface area contributed by atoms with Gasteiger partial charge in [0.2, 0.25) is 0 Å². The number of hydrogen-bond acceptors (Lipinski definition) is 5. The van der Waals surface area contributed by atoms with Crippen LogP contribution in [0.25, 0.3) is 5.52 Å². The molecule has 1 aliphatic heterocycles. The molecule has 0 saturated carbocycles. The van der Waals surface area contributed by atoms with Gasteiger partial charge in [-0.25, -0.2) is 23.4 Å². The molecule has 0 unspecified atom stereocenters. The third kappa shape index (κ3) is 4.79. The van der Waals surface area contributed by atoms with E-state index in [0.717, 1.165) is 11.1 Å². The molecule has 0 aromatic carbocycles. The summed E-state index contributed by atoms with van der Waals surface area (Å²) in [5, 5.41) is 9.90. The Morgan fingerprint density at radius 3 is 2.52 bits per heavy atom. The summed E-state index contributed by atoms with van der Waals surface area (Å²) in [4.78, 5) is 6.42. The van der Waals surface area contributed by atoms with Crippen molar-refractivity contribution >= 4 is 33.1 Å². The average molecular weight is 451 g/mol. The Hall–Kier alpha value is -1.56. The van der Waals surface area contributed by atoms with Crippen molar-refractivity contribution in [3.05, 3.63) is 23.1 Å². The number of anilines is 1. The van der Waals surface area contributed by atoms with Crippen molar-refractivity contribution in [2.45, 2.75) is 51.5 Å². The minimum atomic E-state index is -4.24. The van der Waals surface area contributed by atoms with E-state index in [1.165, 1.54) is 6.33 Å². The van der Waals surface area contributed by atoms with Gasteiger partial charge in [0.15, 0.2) is 5.82 Å². The first-order valence-electron chi connectivity index (χ1n) is 9.33. The lowest BCUT2D eigenvalue weighted by Crippen LogP contribution is -2.52. The van der Waals surface area contributed by atoms with E-state index < -0.39 is 28.7 Å². The third-order valence-electron chi connectivity index (χ3n) is 5.07. The molecule has 162 valence electrons. The van der Waals surface area contributed by atoms with Gasteiger partial charge in [0.1, 0.15) is 17.0 Å². The highest BCUT2D eigenvalue weighted by Crippen LogP contribution is 2.33. The molecule has 3 rings (SSSR count). The normalized spacial score (nSPS) is 17.1. The molecule has 1 aliphatic rings. The number of aromatic nitrogens is 3. The fourth-order valence-corrected chi connectivity index (χ4v) is 5.03. The summed E-state index contributed by atoms with van der Waals surface area (Å²) in [6.45, 7) is 4.73. The molecule has 12 heteroatoms. The molecule has 0 aliphatic carbocycles. The topological polar surface area (TPSA) is 96.8 Å². The summed E-state index contributed by atoms with van der Waals surface area (Å²) in [5.74, 6) is -2.28. The number of fused-ring (bicyclic) bond motifs is 1. The Morgan fingerprint density at radius 1 is 1.38 bits per heavy atom. The van der Waals surface area contributed by atoms with Gasteiger partial charge in [-0.1, -0.05) is 25.4 Å². The highest BCUT2D eigenvalue weighted by molar-refractivity contribution is 7.86. The average Bonchev–Trinajstić information content (AvgIpc) is 2.96. The van der Waals surface area contributed by atoms with Crippen LogP contribution in [-0.2, 0) is 10.2 Å². The minimum absolute atomic E-state index is 0.199. The maximum absolute atomic E-state index is 13.5. The molecule has 2 aromatic heterocycles. The summed E-state index contributed by atoms with van der Waals surface area (Å²) in [6, 6.07) is 1.27. The SMILES string of the molecule is CC(C)c1cc(Cl)n2ncnc(N3CCC(N(CC(C)(F)F)S(N)(=O)=O)CC3)c12. The number of rotatable bonds is 6. The van der Waals surface area contributed by atoms with Crippen LogP contribution in [0.5, 0.6) is 0 Å². The zero-order valence-electron chi connectivity index (χ0n) is 16.5. The van der Waals surface area contributed by atoms with E-state index in [9.17, 15) is 17.2 Å². The maximum Gasteiger partial charge on any atom is 0.277 e. The maximum atomic E-state index is 13.5. The quantitative estimate of drug-likeness (QED) is 0.729. The van der Waals surface area contributed by atoms with Crippen LogP contribution < -0.4 is 10.0 Å². The molecule has 0 atom stereocenters. The molecule has 0 amide bonds. The van der Waals surface area contributed by atoms with Crippen molar-refractivity contribution in [1.29, 1.82) is 0 Å². The van der Waals surface area contributed by atoms with E-state index in [4.69, 9.17) is 16.7 Å². The van der Waals surface area contributed by atoms with Gasteiger partial charge >= 0.3 is 0 Å². The standard InChI is InChI=1S/C17H25ClF2N6O2S/c1-11(2)13-8-14(18)26-15(13)16(22-10-23-26)24-6-4-12(5-7-24)25(29(21,27)28)9-17(3,19)20/h8,10-12H,4-7,9H2,1-3H3,(H2,21,27,28). The second-order valence-electron chi connectivity index (χ2n) is 7.80. The van der Waals surface area contributed by atoms with Gasteiger partial charge in [-0.15, -0.1) is 0 Å². The van der Waals surface area contributed by atoms with Gasteiger partial charge in [-0.3, -0.25) is 0 Å². The Bertz CT molecular complexity index is 984. The van der Waals surface area contributed by atoms with Crippen molar-refractivity contribution in [2.24, 2.45) is 5.14 Å². The number of nitrogens with zero attached hydrogens (tertiary/aromatic N) is 5. The van der Waals surface area contributed by atoms with Crippen LogP contribution in [0.2, 0.25) is 5.15 Å². The molecule has 1 fully saturated rings. The molecule has 29 heavy (non-hydrogen) atoms. The molecule has 0 spiro atoms. The predicted molar refractivity (Wildman–Crippen MR) is 108 cm³/mol. The molecule has 1 saturated heterocycles. The molecule has 0 radical (unpaired) electrons. The zero-order chi connectivity index (χ0) is 21.6. The molecular weight excluding hydrogens is 426 g/mol. The summed E-state index contributed by atoms with van der Waals surface area (Å²) in [7, 11) is -4.24. The molecule has 2 N–H and O–H groups in total. The Balaban J connectivity index is 1.86. The highest BCUT2D eigenvalue weighted by Gasteiger charge is 2.37. The van der Waals surface area contributed by atoms with Crippen molar-refractivity contribution in [3.63, 3.8) is 0 Å². The fourth-order valence-electron chi connectivity index (χ4n) is 3.75. The molecule has 2 aromatic rings. The van der Waals surface area contributed by atoms with Crippen molar-refractivity contribution in [3.8, 4) is 0 Å². The number of halogens is 3. The van der Waals surface area contributed by atoms with Crippen LogP contribution in [0.15, 0.2) is 12.4 Å². The first-order valence-corrected chi connectivity index (χ1v) is 11.2. The number of alkyl halides is 2. The lowest BCUT2D eigenvalue weighted by Gasteiger charge is -2.38. The second-order valence-corrected chi connectivity index (χ2v) is 9.69. The molecule has 8 nitrogen and oxygen atoms in total. The zero-order valence-corrected chi connectivity index (χ0v) is 18.1. The molecule has 3 heterocycles. The summed E-state index contributed by atoms with van der Waals surface area (Å²) in [5.41, 5.74) is 1.80. The van der Waals surface area contributed by atoms with Crippen LogP contribution >= 0.6 is 11.6 Å². The van der Waals surface area contributed by atoms with Crippen LogP contribution in [-0.4, -0.2) is 58.9 Å². The number of nitrogens with two attached hydrogens (primary N) is 1. The van der Waals surface area contributed by atoms with E-state index in [2.05, 4.69) is 10.1 Å². The van der Waals surface area contributed by atoms with Gasteiger partial charge in [-0.2, -0.15) is 17.8 Å². The van der Waals surface area contributed by atoms with Gasteiger partial charge in [0.25, 0.3) is 16.1 Å². The van der Waals surface area contributed by atoms with Gasteiger partial charge < -0.3 is 4.90 Å². The lowest BCUT2D eigenvalue weighted by atomic mass is 10.0. The Kier molecular flexibility index (Phi) is 6.06. The lowest BCUT2D eigenvalue weighted by molar-refractivity contribution is -0.00443. The number of piperidine rings is 1. The Labute approximate surface area is 173 Å². The van der Waals surface area contributed by atoms with Crippen LogP contribution in [0.4, 0.5) is 14.6 Å². The van der Waals surface area contributed by atoms with E-state index in [1.54, 1.807) is 4.52 Å². The van der Waals surface area contributed by atoms with E-state index in [1.807, 2.05) is 24.8 Å². The van der Waals surface area contributed by atoms with Gasteiger partial charge in [0.05, 0.1) is 6.54 Å². The van der Waals surface area contributed by atoms with E-state index >= 15 is 0 Å². The molecular formula is C17H25ClF2N6O2S. The van der Waals surface area contributed by atoms with E-state index in [0.29, 0.717) is 48.1 Å². The summed E-state index contributed by atoms with van der Waals surface area (Å²) >= 11 is 6.31. The number of hydrogen-bond donors (Lipinski definition) is 1.